The molecule has 1 N–H and O–H groups in total. The number of hydrogen-bond acceptors (Lipinski definition) is 3. The van der Waals surface area contributed by atoms with Crippen molar-refractivity contribution < 1.29 is 0 Å². The average molecular weight is 197 g/mol. The Hall–Kier alpha value is -0.120. The molecule has 2 fully saturated rings. The SMILES string of the molecule is CN1CCC(N(C)C[C@H]2CCNC2)C1. The summed E-state index contributed by atoms with van der Waals surface area (Å²) in [6.07, 6.45) is 2.72. The fraction of sp³-hybridized carbons (Fsp3) is 1.00. The molecule has 2 rings (SSSR count). The van der Waals surface area contributed by atoms with Crippen molar-refractivity contribution in [3.05, 3.63) is 0 Å². The molecular formula is C11H23N3. The number of likely N-dealkylation sites (N-methyl/N-ethyl adjacent to an activating group) is 2. The molecule has 82 valence electrons. The zero-order valence-electron chi connectivity index (χ0n) is 9.50. The molecule has 0 aliphatic carbocycles. The van der Waals surface area contributed by atoms with E-state index in [9.17, 15) is 0 Å². The van der Waals surface area contributed by atoms with Crippen molar-refractivity contribution in [3.8, 4) is 0 Å². The summed E-state index contributed by atoms with van der Waals surface area (Å²) in [5.41, 5.74) is 0. The maximum absolute atomic E-state index is 3.44. The van der Waals surface area contributed by atoms with Gasteiger partial charge < -0.3 is 15.1 Å². The predicted molar refractivity (Wildman–Crippen MR) is 59.5 cm³/mol. The second-order valence-corrected chi connectivity index (χ2v) is 5.00. The van der Waals surface area contributed by atoms with Gasteiger partial charge in [-0.25, -0.2) is 0 Å². The highest BCUT2D eigenvalue weighted by Gasteiger charge is 2.25. The fourth-order valence-electron chi connectivity index (χ4n) is 2.70. The van der Waals surface area contributed by atoms with E-state index >= 15 is 0 Å². The summed E-state index contributed by atoms with van der Waals surface area (Å²) in [6, 6.07) is 0.806. The van der Waals surface area contributed by atoms with E-state index in [0.717, 1.165) is 12.0 Å². The van der Waals surface area contributed by atoms with E-state index < -0.39 is 0 Å². The van der Waals surface area contributed by atoms with Crippen molar-refractivity contribution in [1.29, 1.82) is 0 Å². The molecule has 2 heterocycles. The molecule has 2 atom stereocenters. The second kappa shape index (κ2) is 4.60. The van der Waals surface area contributed by atoms with Crippen molar-refractivity contribution in [2.24, 2.45) is 5.92 Å². The molecule has 0 amide bonds. The highest BCUT2D eigenvalue weighted by atomic mass is 15.2. The van der Waals surface area contributed by atoms with Crippen LogP contribution in [-0.2, 0) is 0 Å². The Morgan fingerprint density at radius 1 is 1.43 bits per heavy atom. The van der Waals surface area contributed by atoms with E-state index in [4.69, 9.17) is 0 Å². The third-order valence-corrected chi connectivity index (χ3v) is 3.70. The fourth-order valence-corrected chi connectivity index (χ4v) is 2.70. The molecule has 0 spiro atoms. The minimum absolute atomic E-state index is 0.806. The Bertz CT molecular complexity index is 177. The molecule has 14 heavy (non-hydrogen) atoms. The van der Waals surface area contributed by atoms with Crippen LogP contribution in [0.2, 0.25) is 0 Å². The van der Waals surface area contributed by atoms with E-state index in [-0.39, 0.29) is 0 Å². The molecule has 1 unspecified atom stereocenters. The maximum Gasteiger partial charge on any atom is 0.0232 e. The van der Waals surface area contributed by atoms with E-state index in [2.05, 4.69) is 29.2 Å². The molecule has 2 aliphatic heterocycles. The minimum atomic E-state index is 0.806. The summed E-state index contributed by atoms with van der Waals surface area (Å²) in [7, 11) is 4.52. The lowest BCUT2D eigenvalue weighted by Gasteiger charge is -2.26. The van der Waals surface area contributed by atoms with Crippen molar-refractivity contribution >= 4 is 0 Å². The zero-order valence-corrected chi connectivity index (χ0v) is 9.50. The molecule has 0 bridgehead atoms. The molecule has 0 aromatic heterocycles. The topological polar surface area (TPSA) is 18.5 Å². The van der Waals surface area contributed by atoms with E-state index in [1.165, 1.54) is 45.6 Å². The molecule has 2 saturated heterocycles. The van der Waals surface area contributed by atoms with Crippen LogP contribution in [-0.4, -0.2) is 62.7 Å². The minimum Gasteiger partial charge on any atom is -0.316 e. The van der Waals surface area contributed by atoms with Crippen molar-refractivity contribution in [2.45, 2.75) is 18.9 Å². The molecule has 0 aromatic carbocycles. The van der Waals surface area contributed by atoms with Crippen LogP contribution in [0.4, 0.5) is 0 Å². The molecule has 3 heteroatoms. The van der Waals surface area contributed by atoms with E-state index in [1.807, 2.05) is 0 Å². The van der Waals surface area contributed by atoms with Crippen LogP contribution in [0.25, 0.3) is 0 Å². The standard InChI is InChI=1S/C11H23N3/c1-13-6-4-11(9-13)14(2)8-10-3-5-12-7-10/h10-12H,3-9H2,1-2H3/t10-,11?/m0/s1. The molecule has 3 nitrogen and oxygen atoms in total. The third-order valence-electron chi connectivity index (χ3n) is 3.70. The summed E-state index contributed by atoms with van der Waals surface area (Å²) in [6.45, 7) is 6.27. The van der Waals surface area contributed by atoms with Crippen LogP contribution >= 0.6 is 0 Å². The summed E-state index contributed by atoms with van der Waals surface area (Å²) >= 11 is 0. The first-order valence-corrected chi connectivity index (χ1v) is 5.85. The highest BCUT2D eigenvalue weighted by Crippen LogP contribution is 2.16. The van der Waals surface area contributed by atoms with Gasteiger partial charge in [-0.2, -0.15) is 0 Å². The molecule has 0 aromatic rings. The van der Waals surface area contributed by atoms with Crippen molar-refractivity contribution in [2.75, 3.05) is 46.8 Å². The summed E-state index contributed by atoms with van der Waals surface area (Å²) in [5, 5.41) is 3.44. The normalized spacial score (nSPS) is 34.5. The lowest BCUT2D eigenvalue weighted by molar-refractivity contribution is 0.212. The Labute approximate surface area is 87.4 Å². The Balaban J connectivity index is 1.74. The number of rotatable bonds is 3. The smallest absolute Gasteiger partial charge is 0.0232 e. The Kier molecular flexibility index (Phi) is 3.42. The lowest BCUT2D eigenvalue weighted by Crippen LogP contribution is -2.37. The predicted octanol–water partition coefficient (Wildman–Crippen LogP) is 0.232. The third kappa shape index (κ3) is 2.47. The van der Waals surface area contributed by atoms with Crippen molar-refractivity contribution in [3.63, 3.8) is 0 Å². The van der Waals surface area contributed by atoms with Gasteiger partial charge in [0.25, 0.3) is 0 Å². The van der Waals surface area contributed by atoms with E-state index in [0.29, 0.717) is 0 Å². The van der Waals surface area contributed by atoms with Gasteiger partial charge in [0, 0.05) is 19.1 Å². The molecular weight excluding hydrogens is 174 g/mol. The number of nitrogens with zero attached hydrogens (tertiary/aromatic N) is 2. The van der Waals surface area contributed by atoms with Crippen LogP contribution < -0.4 is 5.32 Å². The maximum atomic E-state index is 3.44. The van der Waals surface area contributed by atoms with Crippen LogP contribution in [0, 0.1) is 5.92 Å². The first kappa shape index (κ1) is 10.4. The molecule has 0 radical (unpaired) electrons. The zero-order chi connectivity index (χ0) is 9.97. The van der Waals surface area contributed by atoms with Crippen LogP contribution in [0.5, 0.6) is 0 Å². The van der Waals surface area contributed by atoms with Gasteiger partial charge in [0.05, 0.1) is 0 Å². The Morgan fingerprint density at radius 3 is 2.86 bits per heavy atom. The second-order valence-electron chi connectivity index (χ2n) is 5.00. The lowest BCUT2D eigenvalue weighted by atomic mass is 10.1. The van der Waals surface area contributed by atoms with Gasteiger partial charge in [0.1, 0.15) is 0 Å². The van der Waals surface area contributed by atoms with Gasteiger partial charge in [0.2, 0.25) is 0 Å². The molecule has 0 saturated carbocycles. The van der Waals surface area contributed by atoms with Crippen LogP contribution in [0.3, 0.4) is 0 Å². The van der Waals surface area contributed by atoms with Gasteiger partial charge in [-0.1, -0.05) is 0 Å². The monoisotopic (exact) mass is 197 g/mol. The van der Waals surface area contributed by atoms with Crippen molar-refractivity contribution in [1.82, 2.24) is 15.1 Å². The van der Waals surface area contributed by atoms with Crippen LogP contribution in [0.15, 0.2) is 0 Å². The number of hydrogen-bond donors (Lipinski definition) is 1. The van der Waals surface area contributed by atoms with Gasteiger partial charge >= 0.3 is 0 Å². The molecule has 2 aliphatic rings. The number of likely N-dealkylation sites (tertiary alicyclic amines) is 1. The first-order valence-electron chi connectivity index (χ1n) is 5.85. The highest BCUT2D eigenvalue weighted by molar-refractivity contribution is 4.82. The van der Waals surface area contributed by atoms with Gasteiger partial charge in [0.15, 0.2) is 0 Å². The van der Waals surface area contributed by atoms with Crippen LogP contribution in [0.1, 0.15) is 12.8 Å². The first-order chi connectivity index (χ1) is 6.75. The average Bonchev–Trinajstić information content (AvgIpc) is 2.75. The van der Waals surface area contributed by atoms with E-state index in [1.54, 1.807) is 0 Å². The summed E-state index contributed by atoms with van der Waals surface area (Å²) < 4.78 is 0. The van der Waals surface area contributed by atoms with Gasteiger partial charge in [-0.15, -0.1) is 0 Å². The largest absolute Gasteiger partial charge is 0.316 e. The number of nitrogens with one attached hydrogen (secondary N) is 1. The summed E-state index contributed by atoms with van der Waals surface area (Å²) in [4.78, 5) is 5.01. The Morgan fingerprint density at radius 2 is 2.29 bits per heavy atom. The van der Waals surface area contributed by atoms with Gasteiger partial charge in [-0.3, -0.25) is 0 Å². The quantitative estimate of drug-likeness (QED) is 0.699. The summed E-state index contributed by atoms with van der Waals surface area (Å²) in [5.74, 6) is 0.894. The van der Waals surface area contributed by atoms with Gasteiger partial charge in [-0.05, 0) is 52.5 Å².